The lowest BCUT2D eigenvalue weighted by atomic mass is 10.0. The standard InChI is InChI=1S/C58H109N3O10S/c1-9-11-13-15-17-19-21-23-25-27-29-31-36-40-52(63)68-45-48(69-53(64)41-37-32-30-28-26-24-22-20-18-16-14-12-10-2)46-72-47-49(59)55(66)60-44-38-34-33-35-39-51(62)61-50(56(67)71-58(6,7)8)42-43-54(65)70-57(3,4)5/h48-50H,9-47,59H2,1-8H3,(H,60,66)(H,61,62)/t48-,49+,50+/m1/s1. The van der Waals surface area contributed by atoms with Gasteiger partial charge in [-0.2, -0.15) is 11.8 Å². The number of rotatable bonds is 48. The molecule has 3 atom stereocenters. The van der Waals surface area contributed by atoms with E-state index in [1.54, 1.807) is 41.5 Å². The quantitative estimate of drug-likeness (QED) is 0.0297. The molecule has 0 fully saturated rings. The van der Waals surface area contributed by atoms with Gasteiger partial charge >= 0.3 is 23.9 Å². The SMILES string of the molecule is CCCCCCCCCCCCCCCC(=O)OC[C@H](CSC[C@H](N)C(=O)NCCCCCCC(=O)N[C@@H](CCC(=O)OC(C)(C)C)C(=O)OC(C)(C)C)OC(=O)CCCCCCCCCCCCCCC. The molecule has 0 aliphatic carbocycles. The van der Waals surface area contributed by atoms with Crippen LogP contribution in [0.4, 0.5) is 0 Å². The van der Waals surface area contributed by atoms with Gasteiger partial charge in [0.25, 0.3) is 0 Å². The maximum Gasteiger partial charge on any atom is 0.329 e. The minimum absolute atomic E-state index is 0.0177. The van der Waals surface area contributed by atoms with Gasteiger partial charge in [-0.1, -0.05) is 181 Å². The van der Waals surface area contributed by atoms with Crippen molar-refractivity contribution in [3.8, 4) is 0 Å². The molecule has 4 N–H and O–H groups in total. The van der Waals surface area contributed by atoms with Crippen LogP contribution in [0.3, 0.4) is 0 Å². The number of carbonyl (C=O) groups excluding carboxylic acids is 6. The molecule has 14 heteroatoms. The predicted molar refractivity (Wildman–Crippen MR) is 296 cm³/mol. The van der Waals surface area contributed by atoms with E-state index in [0.29, 0.717) is 43.7 Å². The topological polar surface area (TPSA) is 189 Å². The van der Waals surface area contributed by atoms with Crippen LogP contribution >= 0.6 is 11.8 Å². The molecule has 2 amide bonds. The maximum absolute atomic E-state index is 12.9. The van der Waals surface area contributed by atoms with E-state index < -0.39 is 41.3 Å². The van der Waals surface area contributed by atoms with Crippen LogP contribution in [0.2, 0.25) is 0 Å². The van der Waals surface area contributed by atoms with Gasteiger partial charge in [-0.25, -0.2) is 4.79 Å². The van der Waals surface area contributed by atoms with E-state index in [4.69, 9.17) is 24.7 Å². The second-order valence-electron chi connectivity index (χ2n) is 22.2. The average Bonchev–Trinajstić information content (AvgIpc) is 3.30. The molecule has 422 valence electrons. The molecule has 0 radical (unpaired) electrons. The number of carbonyl (C=O) groups is 6. The summed E-state index contributed by atoms with van der Waals surface area (Å²) in [6.07, 6.45) is 35.0. The maximum atomic E-state index is 12.9. The Labute approximate surface area is 444 Å². The van der Waals surface area contributed by atoms with Crippen molar-refractivity contribution >= 4 is 47.5 Å². The van der Waals surface area contributed by atoms with Crippen molar-refractivity contribution in [3.63, 3.8) is 0 Å². The molecule has 0 bridgehead atoms. The highest BCUT2D eigenvalue weighted by Crippen LogP contribution is 2.18. The van der Waals surface area contributed by atoms with E-state index in [1.165, 1.54) is 140 Å². The Morgan fingerprint density at radius 1 is 0.486 bits per heavy atom. The lowest BCUT2D eigenvalue weighted by Crippen LogP contribution is -2.44. The molecule has 0 aromatic carbocycles. The van der Waals surface area contributed by atoms with Gasteiger partial charge in [-0.05, 0) is 73.6 Å². The smallest absolute Gasteiger partial charge is 0.329 e. The summed E-state index contributed by atoms with van der Waals surface area (Å²) in [6, 6.07) is -1.74. The number of nitrogens with one attached hydrogen (secondary N) is 2. The first kappa shape index (κ1) is 69.1. The van der Waals surface area contributed by atoms with Crippen molar-refractivity contribution in [1.29, 1.82) is 0 Å². The molecule has 0 heterocycles. The monoisotopic (exact) mass is 1040 g/mol. The van der Waals surface area contributed by atoms with Crippen LogP contribution < -0.4 is 16.4 Å². The summed E-state index contributed by atoms with van der Waals surface area (Å²) in [5.41, 5.74) is 4.85. The van der Waals surface area contributed by atoms with Gasteiger partial charge in [0.1, 0.15) is 30.0 Å². The van der Waals surface area contributed by atoms with Gasteiger partial charge in [0.2, 0.25) is 11.8 Å². The van der Waals surface area contributed by atoms with Crippen LogP contribution in [0.5, 0.6) is 0 Å². The Kier molecular flexibility index (Phi) is 43.7. The summed E-state index contributed by atoms with van der Waals surface area (Å²) >= 11 is 1.40. The highest BCUT2D eigenvalue weighted by Gasteiger charge is 2.28. The zero-order chi connectivity index (χ0) is 53.7. The third-order valence-electron chi connectivity index (χ3n) is 12.3. The van der Waals surface area contributed by atoms with E-state index >= 15 is 0 Å². The van der Waals surface area contributed by atoms with Crippen molar-refractivity contribution < 1.29 is 47.7 Å². The Morgan fingerprint density at radius 3 is 1.36 bits per heavy atom. The average molecular weight is 1040 g/mol. The highest BCUT2D eigenvalue weighted by molar-refractivity contribution is 7.99. The number of hydrogen-bond acceptors (Lipinski definition) is 12. The fourth-order valence-corrected chi connectivity index (χ4v) is 9.21. The van der Waals surface area contributed by atoms with E-state index in [0.717, 1.165) is 51.4 Å². The summed E-state index contributed by atoms with van der Waals surface area (Å²) in [6.45, 7) is 15.5. The van der Waals surface area contributed by atoms with E-state index in [1.807, 2.05) is 0 Å². The fourth-order valence-electron chi connectivity index (χ4n) is 8.25. The van der Waals surface area contributed by atoms with Gasteiger partial charge in [0.05, 0.1) is 6.04 Å². The molecule has 0 spiro atoms. The molecule has 0 aromatic heterocycles. The Bertz CT molecular complexity index is 1400. The van der Waals surface area contributed by atoms with Crippen molar-refractivity contribution in [2.24, 2.45) is 5.73 Å². The van der Waals surface area contributed by atoms with Crippen LogP contribution in [0, 0.1) is 0 Å². The third-order valence-corrected chi connectivity index (χ3v) is 13.6. The van der Waals surface area contributed by atoms with Gasteiger partial charge < -0.3 is 35.3 Å². The minimum Gasteiger partial charge on any atom is -0.462 e. The van der Waals surface area contributed by atoms with Gasteiger partial charge in [0.15, 0.2) is 0 Å². The summed E-state index contributed by atoms with van der Waals surface area (Å²) in [5, 5.41) is 5.63. The summed E-state index contributed by atoms with van der Waals surface area (Å²) < 4.78 is 22.3. The molecular weight excluding hydrogens is 931 g/mol. The van der Waals surface area contributed by atoms with E-state index in [2.05, 4.69) is 24.5 Å². The summed E-state index contributed by atoms with van der Waals surface area (Å²) in [7, 11) is 0. The fraction of sp³-hybridized carbons (Fsp3) is 0.897. The summed E-state index contributed by atoms with van der Waals surface area (Å²) in [4.78, 5) is 76.4. The molecule has 72 heavy (non-hydrogen) atoms. The predicted octanol–water partition coefficient (Wildman–Crippen LogP) is 13.5. The lowest BCUT2D eigenvalue weighted by molar-refractivity contribution is -0.160. The molecule has 0 unspecified atom stereocenters. The molecule has 0 saturated heterocycles. The molecule has 0 aliphatic rings. The molecule has 0 saturated carbocycles. The number of thioether (sulfide) groups is 1. The number of ether oxygens (including phenoxy) is 4. The number of amides is 2. The lowest BCUT2D eigenvalue weighted by Gasteiger charge is -2.25. The number of unbranched alkanes of at least 4 members (excludes halogenated alkanes) is 27. The second kappa shape index (κ2) is 45.5. The van der Waals surface area contributed by atoms with Crippen LogP contribution in [0.1, 0.15) is 280 Å². The molecule has 0 aliphatic heterocycles. The first-order valence-electron chi connectivity index (χ1n) is 29.1. The van der Waals surface area contributed by atoms with Crippen molar-refractivity contribution in [1.82, 2.24) is 10.6 Å². The van der Waals surface area contributed by atoms with Gasteiger partial charge in [-0.15, -0.1) is 0 Å². The van der Waals surface area contributed by atoms with Crippen LogP contribution in [0.15, 0.2) is 0 Å². The first-order valence-corrected chi connectivity index (χ1v) is 30.2. The first-order chi connectivity index (χ1) is 34.4. The van der Waals surface area contributed by atoms with Crippen LogP contribution in [0.25, 0.3) is 0 Å². The normalized spacial score (nSPS) is 13.0. The molecule has 0 aromatic rings. The zero-order valence-corrected chi connectivity index (χ0v) is 48.2. The van der Waals surface area contributed by atoms with Gasteiger partial charge in [-0.3, -0.25) is 24.0 Å². The molecule has 13 nitrogen and oxygen atoms in total. The number of nitrogens with two attached hydrogens (primary N) is 1. The second-order valence-corrected chi connectivity index (χ2v) is 23.2. The molecular formula is C58H109N3O10S. The van der Waals surface area contributed by atoms with Gasteiger partial charge in [0, 0.05) is 43.7 Å². The van der Waals surface area contributed by atoms with Crippen molar-refractivity contribution in [2.75, 3.05) is 24.7 Å². The summed E-state index contributed by atoms with van der Waals surface area (Å²) in [5.74, 6) is -1.54. The number of hydrogen-bond donors (Lipinski definition) is 3. The Morgan fingerprint density at radius 2 is 0.903 bits per heavy atom. The van der Waals surface area contributed by atoms with Crippen LogP contribution in [-0.2, 0) is 47.7 Å². The molecule has 0 rings (SSSR count). The van der Waals surface area contributed by atoms with E-state index in [9.17, 15) is 28.8 Å². The minimum atomic E-state index is -0.970. The highest BCUT2D eigenvalue weighted by atomic mass is 32.2. The van der Waals surface area contributed by atoms with E-state index in [-0.39, 0.29) is 49.6 Å². The van der Waals surface area contributed by atoms with Crippen LogP contribution in [-0.4, -0.2) is 89.7 Å². The zero-order valence-electron chi connectivity index (χ0n) is 47.4. The Balaban J connectivity index is 4.74. The largest absolute Gasteiger partial charge is 0.462 e. The number of esters is 4. The van der Waals surface area contributed by atoms with Crippen molar-refractivity contribution in [2.45, 2.75) is 310 Å². The van der Waals surface area contributed by atoms with Crippen molar-refractivity contribution in [3.05, 3.63) is 0 Å². The third kappa shape index (κ3) is 46.9. The Hall–Kier alpha value is -2.87.